The van der Waals surface area contributed by atoms with Crippen molar-refractivity contribution in [2.45, 2.75) is 57.5 Å². The minimum Gasteiger partial charge on any atom is -0.312 e. The Morgan fingerprint density at radius 3 is 2.36 bits per heavy atom. The molecule has 0 aromatic carbocycles. The van der Waals surface area contributed by atoms with Gasteiger partial charge in [0.15, 0.2) is 0 Å². The zero-order chi connectivity index (χ0) is 10.4. The molecule has 0 aromatic heterocycles. The first-order chi connectivity index (χ1) is 6.74. The Morgan fingerprint density at radius 2 is 1.86 bits per heavy atom. The van der Waals surface area contributed by atoms with Gasteiger partial charge in [-0.2, -0.15) is 0 Å². The summed E-state index contributed by atoms with van der Waals surface area (Å²) in [5.74, 6) is 0. The highest BCUT2D eigenvalue weighted by Gasteiger charge is 2.15. The average molecular weight is 198 g/mol. The molecule has 0 bridgehead atoms. The third-order valence-electron chi connectivity index (χ3n) is 3.45. The molecule has 0 aliphatic heterocycles. The molecule has 1 atom stereocenters. The summed E-state index contributed by atoms with van der Waals surface area (Å²) in [4.78, 5) is 2.33. The Hall–Kier alpha value is -0.0800. The molecule has 2 heteroatoms. The molecule has 14 heavy (non-hydrogen) atoms. The van der Waals surface area contributed by atoms with E-state index in [1.807, 2.05) is 0 Å². The van der Waals surface area contributed by atoms with Crippen molar-refractivity contribution in [3.63, 3.8) is 0 Å². The molecule has 1 aliphatic rings. The van der Waals surface area contributed by atoms with E-state index < -0.39 is 0 Å². The lowest BCUT2D eigenvalue weighted by Gasteiger charge is -2.28. The van der Waals surface area contributed by atoms with Crippen LogP contribution in [0, 0.1) is 0 Å². The number of rotatable bonds is 5. The van der Waals surface area contributed by atoms with Gasteiger partial charge in [-0.15, -0.1) is 0 Å². The second kappa shape index (κ2) is 6.41. The third kappa shape index (κ3) is 3.97. The van der Waals surface area contributed by atoms with Crippen molar-refractivity contribution in [2.24, 2.45) is 0 Å². The predicted octanol–water partition coefficient (Wildman–Crippen LogP) is 2.25. The maximum absolute atomic E-state index is 3.71. The van der Waals surface area contributed by atoms with E-state index in [1.165, 1.54) is 38.5 Å². The Kier molecular flexibility index (Phi) is 5.49. The Labute approximate surface area is 89.1 Å². The van der Waals surface area contributed by atoms with Crippen LogP contribution in [0.4, 0.5) is 0 Å². The quantitative estimate of drug-likeness (QED) is 0.729. The molecule has 1 saturated carbocycles. The molecule has 0 aromatic rings. The van der Waals surface area contributed by atoms with E-state index >= 15 is 0 Å². The SMILES string of the molecule is CCC(CNC1CCCCC1)N(C)C. The van der Waals surface area contributed by atoms with Gasteiger partial charge < -0.3 is 10.2 Å². The second-order valence-corrected chi connectivity index (χ2v) is 4.77. The fourth-order valence-corrected chi connectivity index (χ4v) is 2.30. The molecule has 0 heterocycles. The van der Waals surface area contributed by atoms with Gasteiger partial charge in [0.25, 0.3) is 0 Å². The molecule has 1 fully saturated rings. The van der Waals surface area contributed by atoms with E-state index in [9.17, 15) is 0 Å². The molecule has 0 radical (unpaired) electrons. The predicted molar refractivity (Wildman–Crippen MR) is 62.6 cm³/mol. The van der Waals surface area contributed by atoms with Crippen molar-refractivity contribution in [1.29, 1.82) is 0 Å². The summed E-state index contributed by atoms with van der Waals surface area (Å²) in [5, 5.41) is 3.71. The maximum Gasteiger partial charge on any atom is 0.0212 e. The Bertz CT molecular complexity index is 139. The van der Waals surface area contributed by atoms with Gasteiger partial charge in [0.2, 0.25) is 0 Å². The highest BCUT2D eigenvalue weighted by molar-refractivity contribution is 4.75. The number of hydrogen-bond acceptors (Lipinski definition) is 2. The third-order valence-corrected chi connectivity index (χ3v) is 3.45. The smallest absolute Gasteiger partial charge is 0.0212 e. The lowest BCUT2D eigenvalue weighted by Crippen LogP contribution is -2.42. The lowest BCUT2D eigenvalue weighted by atomic mass is 9.95. The summed E-state index contributed by atoms with van der Waals surface area (Å²) in [6, 6.07) is 1.51. The Morgan fingerprint density at radius 1 is 1.21 bits per heavy atom. The van der Waals surface area contributed by atoms with E-state index in [4.69, 9.17) is 0 Å². The van der Waals surface area contributed by atoms with Crippen molar-refractivity contribution in [1.82, 2.24) is 10.2 Å². The van der Waals surface area contributed by atoms with Gasteiger partial charge in [-0.25, -0.2) is 0 Å². The molecule has 0 amide bonds. The number of nitrogens with zero attached hydrogens (tertiary/aromatic N) is 1. The summed E-state index contributed by atoms with van der Waals surface area (Å²) in [7, 11) is 4.35. The van der Waals surface area contributed by atoms with Gasteiger partial charge in [0.1, 0.15) is 0 Å². The zero-order valence-corrected chi connectivity index (χ0v) is 10.1. The van der Waals surface area contributed by atoms with Crippen LogP contribution in [0.3, 0.4) is 0 Å². The Balaban J connectivity index is 2.16. The molecule has 84 valence electrons. The van der Waals surface area contributed by atoms with Gasteiger partial charge in [-0.3, -0.25) is 0 Å². The van der Waals surface area contributed by atoms with E-state index in [0.717, 1.165) is 12.6 Å². The molecular formula is C12H26N2. The van der Waals surface area contributed by atoms with Gasteiger partial charge in [-0.05, 0) is 33.4 Å². The van der Waals surface area contributed by atoms with Crippen LogP contribution in [-0.4, -0.2) is 37.6 Å². The fraction of sp³-hybridized carbons (Fsp3) is 1.00. The van der Waals surface area contributed by atoms with E-state index in [-0.39, 0.29) is 0 Å². The molecule has 0 spiro atoms. The zero-order valence-electron chi connectivity index (χ0n) is 10.1. The summed E-state index contributed by atoms with van der Waals surface area (Å²) in [6.45, 7) is 3.43. The maximum atomic E-state index is 3.71. The van der Waals surface area contributed by atoms with Gasteiger partial charge in [0, 0.05) is 18.6 Å². The molecule has 2 nitrogen and oxygen atoms in total. The fourth-order valence-electron chi connectivity index (χ4n) is 2.30. The average Bonchev–Trinajstić information content (AvgIpc) is 2.20. The summed E-state index contributed by atoms with van der Waals surface area (Å²) < 4.78 is 0. The molecular weight excluding hydrogens is 172 g/mol. The van der Waals surface area contributed by atoms with Crippen LogP contribution in [0.1, 0.15) is 45.4 Å². The van der Waals surface area contributed by atoms with Crippen LogP contribution in [0.2, 0.25) is 0 Å². The van der Waals surface area contributed by atoms with Crippen LogP contribution in [-0.2, 0) is 0 Å². The summed E-state index contributed by atoms with van der Waals surface area (Å²) in [6.07, 6.45) is 8.33. The van der Waals surface area contributed by atoms with Crippen LogP contribution >= 0.6 is 0 Å². The molecule has 1 aliphatic carbocycles. The van der Waals surface area contributed by atoms with Gasteiger partial charge >= 0.3 is 0 Å². The molecule has 0 saturated heterocycles. The van der Waals surface area contributed by atoms with Crippen LogP contribution in [0.15, 0.2) is 0 Å². The van der Waals surface area contributed by atoms with Gasteiger partial charge in [-0.1, -0.05) is 26.2 Å². The van der Waals surface area contributed by atoms with E-state index in [1.54, 1.807) is 0 Å². The van der Waals surface area contributed by atoms with Crippen molar-refractivity contribution < 1.29 is 0 Å². The molecule has 1 unspecified atom stereocenters. The van der Waals surface area contributed by atoms with Crippen LogP contribution in [0.5, 0.6) is 0 Å². The highest BCUT2D eigenvalue weighted by Crippen LogP contribution is 2.17. The highest BCUT2D eigenvalue weighted by atomic mass is 15.1. The monoisotopic (exact) mass is 198 g/mol. The first kappa shape index (κ1) is 12.0. The first-order valence-corrected chi connectivity index (χ1v) is 6.13. The number of hydrogen-bond donors (Lipinski definition) is 1. The summed E-state index contributed by atoms with van der Waals surface area (Å²) in [5.41, 5.74) is 0. The molecule has 1 N–H and O–H groups in total. The standard InChI is InChI=1S/C12H26N2/c1-4-12(14(2)3)10-13-11-8-6-5-7-9-11/h11-13H,4-10H2,1-3H3. The van der Waals surface area contributed by atoms with Crippen molar-refractivity contribution in [3.8, 4) is 0 Å². The van der Waals surface area contributed by atoms with E-state index in [0.29, 0.717) is 6.04 Å². The molecule has 1 rings (SSSR count). The van der Waals surface area contributed by atoms with Crippen LogP contribution < -0.4 is 5.32 Å². The van der Waals surface area contributed by atoms with Crippen molar-refractivity contribution in [3.05, 3.63) is 0 Å². The minimum absolute atomic E-state index is 0.705. The van der Waals surface area contributed by atoms with Gasteiger partial charge in [0.05, 0.1) is 0 Å². The number of likely N-dealkylation sites (N-methyl/N-ethyl adjacent to an activating group) is 1. The van der Waals surface area contributed by atoms with Crippen molar-refractivity contribution in [2.75, 3.05) is 20.6 Å². The first-order valence-electron chi connectivity index (χ1n) is 6.13. The largest absolute Gasteiger partial charge is 0.312 e. The normalized spacial score (nSPS) is 21.4. The topological polar surface area (TPSA) is 15.3 Å². The summed E-state index contributed by atoms with van der Waals surface area (Å²) >= 11 is 0. The lowest BCUT2D eigenvalue weighted by molar-refractivity contribution is 0.256. The second-order valence-electron chi connectivity index (χ2n) is 4.77. The van der Waals surface area contributed by atoms with E-state index in [2.05, 4.69) is 31.2 Å². The van der Waals surface area contributed by atoms with Crippen LogP contribution in [0.25, 0.3) is 0 Å². The van der Waals surface area contributed by atoms with Crippen molar-refractivity contribution >= 4 is 0 Å². The number of nitrogens with one attached hydrogen (secondary N) is 1. The minimum atomic E-state index is 0.705.